The molecule has 0 saturated heterocycles. The maximum atomic E-state index is 5.16. The molecule has 166 valence electrons. The van der Waals surface area contributed by atoms with Gasteiger partial charge in [-0.1, -0.05) is 97.1 Å². The number of aromatic amines is 2. The molecule has 2 N–H and O–H groups in total. The zero-order chi connectivity index (χ0) is 23.4. The third-order valence-corrected chi connectivity index (χ3v) is 6.85. The van der Waals surface area contributed by atoms with Crippen LogP contribution in [0, 0.1) is 6.92 Å². The average Bonchev–Trinajstić information content (AvgIpc) is 3.52. The van der Waals surface area contributed by atoms with E-state index in [4.69, 9.17) is 9.97 Å². The molecule has 7 rings (SSSR count). The second-order valence-electron chi connectivity index (χ2n) is 8.90. The van der Waals surface area contributed by atoms with Gasteiger partial charge < -0.3 is 9.97 Å². The van der Waals surface area contributed by atoms with Gasteiger partial charge in [-0.2, -0.15) is 0 Å². The molecule has 3 aromatic heterocycles. The molecule has 3 heterocycles. The van der Waals surface area contributed by atoms with Crippen molar-refractivity contribution in [3.05, 3.63) is 109 Å². The fourth-order valence-corrected chi connectivity index (χ4v) is 5.14. The van der Waals surface area contributed by atoms with Crippen LogP contribution < -0.4 is 0 Å². The minimum atomic E-state index is 0.837. The van der Waals surface area contributed by atoms with Crippen molar-refractivity contribution in [1.29, 1.82) is 0 Å². The lowest BCUT2D eigenvalue weighted by Gasteiger charge is -2.07. The smallest absolute Gasteiger partial charge is 0.140 e. The Hall–Kier alpha value is -4.70. The van der Waals surface area contributed by atoms with Crippen molar-refractivity contribution in [2.24, 2.45) is 0 Å². The molecule has 0 aliphatic carbocycles. The van der Waals surface area contributed by atoms with Crippen molar-refractivity contribution in [1.82, 2.24) is 19.9 Å². The Labute approximate surface area is 202 Å². The van der Waals surface area contributed by atoms with E-state index in [1.54, 1.807) is 0 Å². The number of rotatable bonds is 3. The van der Waals surface area contributed by atoms with Gasteiger partial charge in [0.2, 0.25) is 0 Å². The quantitative estimate of drug-likeness (QED) is 0.287. The average molecular weight is 451 g/mol. The summed E-state index contributed by atoms with van der Waals surface area (Å²) in [7, 11) is 0. The third kappa shape index (κ3) is 3.07. The highest BCUT2D eigenvalue weighted by molar-refractivity contribution is 6.14. The summed E-state index contributed by atoms with van der Waals surface area (Å²) >= 11 is 0. The highest BCUT2D eigenvalue weighted by Gasteiger charge is 2.21. The van der Waals surface area contributed by atoms with Crippen molar-refractivity contribution >= 4 is 32.8 Å². The van der Waals surface area contributed by atoms with Crippen LogP contribution in [0.5, 0.6) is 0 Å². The third-order valence-electron chi connectivity index (χ3n) is 6.85. The molecule has 4 heteroatoms. The summed E-state index contributed by atoms with van der Waals surface area (Å²) in [6.45, 7) is 2.16. The van der Waals surface area contributed by atoms with Crippen LogP contribution in [0.2, 0.25) is 0 Å². The second-order valence-corrected chi connectivity index (χ2v) is 8.90. The zero-order valence-electron chi connectivity index (χ0n) is 19.2. The summed E-state index contributed by atoms with van der Waals surface area (Å²) in [5.74, 6) is 0.860. The van der Waals surface area contributed by atoms with E-state index in [-0.39, 0.29) is 0 Å². The molecule has 4 nitrogen and oxygen atoms in total. The van der Waals surface area contributed by atoms with Gasteiger partial charge in [0, 0.05) is 11.1 Å². The lowest BCUT2D eigenvalue weighted by molar-refractivity contribution is 1.31. The Bertz CT molecular complexity index is 1840. The van der Waals surface area contributed by atoms with Crippen LogP contribution in [-0.2, 0) is 0 Å². The number of aryl methyl sites for hydroxylation is 1. The molecule has 0 radical (unpaired) electrons. The molecular formula is C31H22N4. The van der Waals surface area contributed by atoms with E-state index >= 15 is 0 Å². The summed E-state index contributed by atoms with van der Waals surface area (Å²) in [6.07, 6.45) is 1.88. The SMILES string of the molecule is Cc1c(-c2nc3c(cnc4[nH]c(-c5ccccc5)c(-c5ccccc5)c43)[nH]2)ccc2ccccc12. The van der Waals surface area contributed by atoms with E-state index in [0.717, 1.165) is 55.8 Å². The highest BCUT2D eigenvalue weighted by atomic mass is 15.0. The van der Waals surface area contributed by atoms with Crippen LogP contribution in [0.4, 0.5) is 0 Å². The molecular weight excluding hydrogens is 428 g/mol. The minimum absolute atomic E-state index is 0.837. The van der Waals surface area contributed by atoms with Crippen LogP contribution in [-0.4, -0.2) is 19.9 Å². The van der Waals surface area contributed by atoms with Crippen LogP contribution in [0.1, 0.15) is 5.56 Å². The predicted molar refractivity (Wildman–Crippen MR) is 144 cm³/mol. The molecule has 4 aromatic carbocycles. The number of imidazole rings is 1. The molecule has 0 fully saturated rings. The van der Waals surface area contributed by atoms with Crippen LogP contribution in [0.25, 0.3) is 66.6 Å². The van der Waals surface area contributed by atoms with E-state index in [1.807, 2.05) is 18.3 Å². The van der Waals surface area contributed by atoms with E-state index in [1.165, 1.54) is 16.3 Å². The standard InChI is InChI=1S/C31H22N4/c1-19-23-15-9-8-10-20(23)16-17-24(19)30-33-25-18-32-31-27(29(25)35-30)26(21-11-4-2-5-12-21)28(34-31)22-13-6-3-7-14-22/h2-18H,1H3,(H,32,34)(H,33,35). The monoisotopic (exact) mass is 450 g/mol. The van der Waals surface area contributed by atoms with Crippen LogP contribution in [0.3, 0.4) is 0 Å². The van der Waals surface area contributed by atoms with Crippen molar-refractivity contribution in [2.45, 2.75) is 6.92 Å². The molecule has 0 bridgehead atoms. The largest absolute Gasteiger partial charge is 0.339 e. The summed E-state index contributed by atoms with van der Waals surface area (Å²) in [6, 6.07) is 33.7. The number of benzene rings is 4. The summed E-state index contributed by atoms with van der Waals surface area (Å²) in [5, 5.41) is 3.51. The van der Waals surface area contributed by atoms with Gasteiger partial charge in [-0.25, -0.2) is 9.97 Å². The van der Waals surface area contributed by atoms with Gasteiger partial charge in [0.25, 0.3) is 0 Å². The Morgan fingerprint density at radius 3 is 2.20 bits per heavy atom. The van der Waals surface area contributed by atoms with Gasteiger partial charge in [-0.05, 0) is 34.4 Å². The number of H-pyrrole nitrogens is 2. The maximum absolute atomic E-state index is 5.16. The maximum Gasteiger partial charge on any atom is 0.140 e. The molecule has 0 aliphatic rings. The lowest BCUT2D eigenvalue weighted by atomic mass is 9.98. The molecule has 35 heavy (non-hydrogen) atoms. The number of hydrogen-bond acceptors (Lipinski definition) is 2. The first-order valence-corrected chi connectivity index (χ1v) is 11.8. The van der Waals surface area contributed by atoms with Crippen LogP contribution in [0.15, 0.2) is 103 Å². The van der Waals surface area contributed by atoms with E-state index in [9.17, 15) is 0 Å². The number of fused-ring (bicyclic) bond motifs is 4. The summed E-state index contributed by atoms with van der Waals surface area (Å²) in [4.78, 5) is 17.1. The summed E-state index contributed by atoms with van der Waals surface area (Å²) < 4.78 is 0. The predicted octanol–water partition coefficient (Wildman–Crippen LogP) is 7.90. The molecule has 7 aromatic rings. The van der Waals surface area contributed by atoms with Gasteiger partial charge in [-0.15, -0.1) is 0 Å². The highest BCUT2D eigenvalue weighted by Crippen LogP contribution is 2.41. The number of nitrogens with one attached hydrogen (secondary N) is 2. The van der Waals surface area contributed by atoms with Crippen molar-refractivity contribution in [2.75, 3.05) is 0 Å². The van der Waals surface area contributed by atoms with E-state index in [0.29, 0.717) is 0 Å². The fourth-order valence-electron chi connectivity index (χ4n) is 5.14. The minimum Gasteiger partial charge on any atom is -0.339 e. The normalized spacial score (nSPS) is 11.6. The summed E-state index contributed by atoms with van der Waals surface area (Å²) in [5.41, 5.74) is 9.45. The molecule has 0 spiro atoms. The van der Waals surface area contributed by atoms with E-state index < -0.39 is 0 Å². The number of nitrogens with zero attached hydrogens (tertiary/aromatic N) is 2. The molecule has 0 aliphatic heterocycles. The van der Waals surface area contributed by atoms with Gasteiger partial charge in [0.1, 0.15) is 17.0 Å². The van der Waals surface area contributed by atoms with Crippen molar-refractivity contribution in [3.8, 4) is 33.8 Å². The Morgan fingerprint density at radius 2 is 1.40 bits per heavy atom. The van der Waals surface area contributed by atoms with Crippen LogP contribution >= 0.6 is 0 Å². The number of aromatic nitrogens is 4. The second kappa shape index (κ2) is 7.67. The molecule has 0 amide bonds. The van der Waals surface area contributed by atoms with Gasteiger partial charge in [0.15, 0.2) is 0 Å². The first-order valence-electron chi connectivity index (χ1n) is 11.8. The molecule has 0 saturated carbocycles. The molecule has 0 unspecified atom stereocenters. The van der Waals surface area contributed by atoms with Crippen molar-refractivity contribution < 1.29 is 0 Å². The topological polar surface area (TPSA) is 57.4 Å². The van der Waals surface area contributed by atoms with Gasteiger partial charge in [-0.3, -0.25) is 0 Å². The first kappa shape index (κ1) is 19.7. The number of pyridine rings is 1. The Morgan fingerprint density at radius 1 is 0.686 bits per heavy atom. The van der Waals surface area contributed by atoms with Gasteiger partial charge >= 0.3 is 0 Å². The fraction of sp³-hybridized carbons (Fsp3) is 0.0323. The number of hydrogen-bond donors (Lipinski definition) is 2. The van der Waals surface area contributed by atoms with Gasteiger partial charge in [0.05, 0.1) is 22.8 Å². The Kier molecular flexibility index (Phi) is 4.33. The molecule has 0 atom stereocenters. The first-order chi connectivity index (χ1) is 17.3. The zero-order valence-corrected chi connectivity index (χ0v) is 19.2. The Balaban J connectivity index is 1.53. The van der Waals surface area contributed by atoms with Crippen molar-refractivity contribution in [3.63, 3.8) is 0 Å². The lowest BCUT2D eigenvalue weighted by Crippen LogP contribution is -1.87. The van der Waals surface area contributed by atoms with E-state index in [2.05, 4.69) is 102 Å².